The predicted molar refractivity (Wildman–Crippen MR) is 130 cm³/mol. The summed E-state index contributed by atoms with van der Waals surface area (Å²) in [6, 6.07) is 9.02. The van der Waals surface area contributed by atoms with Crippen molar-refractivity contribution < 1.29 is 22.7 Å². The number of hydrogen-bond acceptors (Lipinski definition) is 3. The van der Waals surface area contributed by atoms with E-state index in [0.29, 0.717) is 12.1 Å². The summed E-state index contributed by atoms with van der Waals surface area (Å²) in [5.74, 6) is -1.91. The van der Waals surface area contributed by atoms with E-state index in [1.165, 1.54) is 13.8 Å². The lowest BCUT2D eigenvalue weighted by molar-refractivity contribution is -0.116. The Labute approximate surface area is 203 Å². The monoisotopic (exact) mass is 485 g/mol. The first-order valence-corrected chi connectivity index (χ1v) is 11.6. The van der Waals surface area contributed by atoms with Gasteiger partial charge in [0.05, 0.1) is 12.6 Å². The van der Waals surface area contributed by atoms with E-state index in [9.17, 15) is 9.18 Å². The molecule has 0 saturated heterocycles. The predicted octanol–water partition coefficient (Wildman–Crippen LogP) is 5.21. The van der Waals surface area contributed by atoms with Gasteiger partial charge in [0.2, 0.25) is 5.91 Å². The van der Waals surface area contributed by atoms with Crippen molar-refractivity contribution >= 4 is 16.8 Å². The summed E-state index contributed by atoms with van der Waals surface area (Å²) in [6.45, 7) is 8.44. The van der Waals surface area contributed by atoms with Crippen molar-refractivity contribution in [3.8, 4) is 5.75 Å². The number of ether oxygens (including phenoxy) is 1. The highest BCUT2D eigenvalue weighted by atomic mass is 19.1. The molecule has 0 saturated carbocycles. The third-order valence-electron chi connectivity index (χ3n) is 6.26. The molecule has 2 N–H and O–H groups in total. The highest BCUT2D eigenvalue weighted by Crippen LogP contribution is 2.43. The molecule has 2 atom stereocenters. The molecule has 1 aliphatic rings. The number of aromatic nitrogens is 1. The smallest absolute Gasteiger partial charge is 0.243 e. The molecule has 35 heavy (non-hydrogen) atoms. The second-order valence-corrected chi connectivity index (χ2v) is 9.55. The molecule has 1 aromatic heterocycles. The number of carbonyl (C=O) groups is 1. The minimum Gasteiger partial charge on any atom is -0.492 e. The molecule has 8 heteroatoms. The SMILES string of the molecule is C=CC(=O)NCCOc1cc(F)c([C@@H]2c3[nH]c4ccccc4c3C[C@@H](C)N2CC(C)(C)F)c(F)c1. The number of hydrogen-bond donors (Lipinski definition) is 2. The van der Waals surface area contributed by atoms with Crippen LogP contribution in [0.2, 0.25) is 0 Å². The van der Waals surface area contributed by atoms with E-state index in [1.54, 1.807) is 0 Å². The van der Waals surface area contributed by atoms with Crippen molar-refractivity contribution in [2.45, 2.75) is 44.9 Å². The van der Waals surface area contributed by atoms with Crippen molar-refractivity contribution in [1.29, 1.82) is 0 Å². The second-order valence-electron chi connectivity index (χ2n) is 9.55. The molecule has 3 aromatic rings. The Hall–Kier alpha value is -3.26. The zero-order valence-electron chi connectivity index (χ0n) is 20.1. The van der Waals surface area contributed by atoms with Crippen LogP contribution in [-0.4, -0.2) is 47.2 Å². The van der Waals surface area contributed by atoms with Crippen molar-refractivity contribution in [3.05, 3.63) is 77.5 Å². The molecule has 2 aromatic carbocycles. The van der Waals surface area contributed by atoms with Gasteiger partial charge in [0.25, 0.3) is 0 Å². The summed E-state index contributed by atoms with van der Waals surface area (Å²) in [5, 5.41) is 3.54. The molecular formula is C27H30F3N3O2. The molecule has 0 fully saturated rings. The van der Waals surface area contributed by atoms with Crippen LogP contribution in [0.25, 0.3) is 10.9 Å². The van der Waals surface area contributed by atoms with Crippen LogP contribution in [0.15, 0.2) is 49.1 Å². The summed E-state index contributed by atoms with van der Waals surface area (Å²) in [7, 11) is 0. The maximum atomic E-state index is 15.5. The van der Waals surface area contributed by atoms with E-state index in [0.717, 1.165) is 34.7 Å². The Morgan fingerprint density at radius 1 is 1.29 bits per heavy atom. The molecule has 0 aliphatic carbocycles. The van der Waals surface area contributed by atoms with Gasteiger partial charge in [0.15, 0.2) is 0 Å². The summed E-state index contributed by atoms with van der Waals surface area (Å²) in [5.41, 5.74) is 0.816. The Morgan fingerprint density at radius 3 is 2.63 bits per heavy atom. The number of alkyl halides is 1. The first-order valence-electron chi connectivity index (χ1n) is 11.6. The molecule has 1 aliphatic heterocycles. The minimum absolute atomic E-state index is 0.00771. The second kappa shape index (κ2) is 9.77. The van der Waals surface area contributed by atoms with Crippen LogP contribution in [0.1, 0.15) is 43.6 Å². The van der Waals surface area contributed by atoms with Gasteiger partial charge in [0, 0.05) is 46.9 Å². The Morgan fingerprint density at radius 2 is 1.97 bits per heavy atom. The number of amides is 1. The Bertz CT molecular complexity index is 1230. The van der Waals surface area contributed by atoms with Gasteiger partial charge < -0.3 is 15.0 Å². The van der Waals surface area contributed by atoms with Crippen molar-refractivity contribution in [3.63, 3.8) is 0 Å². The number of carbonyl (C=O) groups excluding carboxylic acids is 1. The molecule has 5 nitrogen and oxygen atoms in total. The van der Waals surface area contributed by atoms with E-state index in [-0.39, 0.29) is 43.0 Å². The van der Waals surface area contributed by atoms with Crippen LogP contribution in [0.5, 0.6) is 5.75 Å². The van der Waals surface area contributed by atoms with E-state index >= 15 is 8.78 Å². The van der Waals surface area contributed by atoms with Crippen molar-refractivity contribution in [1.82, 2.24) is 15.2 Å². The lowest BCUT2D eigenvalue weighted by Gasteiger charge is -2.43. The number of nitrogens with zero attached hydrogens (tertiary/aromatic N) is 1. The van der Waals surface area contributed by atoms with Gasteiger partial charge >= 0.3 is 0 Å². The average Bonchev–Trinajstić information content (AvgIpc) is 3.15. The molecule has 0 radical (unpaired) electrons. The number of aromatic amines is 1. The fraction of sp³-hybridized carbons (Fsp3) is 0.370. The first-order chi connectivity index (χ1) is 16.6. The van der Waals surface area contributed by atoms with Crippen LogP contribution in [0.4, 0.5) is 13.2 Å². The van der Waals surface area contributed by atoms with Crippen molar-refractivity contribution in [2.75, 3.05) is 19.7 Å². The summed E-state index contributed by atoms with van der Waals surface area (Å²) >= 11 is 0. The zero-order valence-corrected chi connectivity index (χ0v) is 20.1. The number of para-hydroxylation sites is 1. The number of fused-ring (bicyclic) bond motifs is 3. The molecule has 0 bridgehead atoms. The topological polar surface area (TPSA) is 57.4 Å². The fourth-order valence-electron chi connectivity index (χ4n) is 4.82. The maximum absolute atomic E-state index is 15.5. The van der Waals surface area contributed by atoms with E-state index in [1.807, 2.05) is 36.1 Å². The molecule has 186 valence electrons. The molecule has 1 amide bonds. The van der Waals surface area contributed by atoms with E-state index < -0.39 is 23.3 Å². The van der Waals surface area contributed by atoms with E-state index in [2.05, 4.69) is 16.9 Å². The van der Waals surface area contributed by atoms with Gasteiger partial charge in [-0.25, -0.2) is 13.2 Å². The lowest BCUT2D eigenvalue weighted by Crippen LogP contribution is -2.48. The molecule has 0 unspecified atom stereocenters. The van der Waals surface area contributed by atoms with E-state index in [4.69, 9.17) is 4.74 Å². The normalized spacial score (nSPS) is 18.3. The third kappa shape index (κ3) is 5.22. The van der Waals surface area contributed by atoms with Gasteiger partial charge in [-0.2, -0.15) is 0 Å². The Balaban J connectivity index is 1.73. The average molecular weight is 486 g/mol. The molecule has 0 spiro atoms. The van der Waals surface area contributed by atoms with Crippen LogP contribution < -0.4 is 10.1 Å². The van der Waals surface area contributed by atoms with Crippen LogP contribution >= 0.6 is 0 Å². The van der Waals surface area contributed by atoms with Gasteiger partial charge in [-0.05, 0) is 44.9 Å². The van der Waals surface area contributed by atoms with Gasteiger partial charge in [-0.1, -0.05) is 24.8 Å². The standard InChI is InChI=1S/C27H30F3N3O2/c1-5-23(34)31-10-11-35-17-13-20(28)24(21(29)14-17)26-25-19(18-8-6-7-9-22(18)32-25)12-16(2)33(26)15-27(3,4)30/h5-9,13-14,16,26,32H,1,10-12,15H2,2-4H3,(H,31,34)/t16-,26-/m1/s1. The van der Waals surface area contributed by atoms with Crippen LogP contribution in [-0.2, 0) is 11.2 Å². The Kier molecular flexibility index (Phi) is 6.94. The molecule has 2 heterocycles. The van der Waals surface area contributed by atoms with Gasteiger partial charge in [-0.15, -0.1) is 0 Å². The summed E-state index contributed by atoms with van der Waals surface area (Å²) < 4.78 is 51.3. The van der Waals surface area contributed by atoms with Crippen LogP contribution in [0.3, 0.4) is 0 Å². The van der Waals surface area contributed by atoms with Crippen LogP contribution in [0, 0.1) is 11.6 Å². The largest absolute Gasteiger partial charge is 0.492 e. The first kappa shape index (κ1) is 24.9. The minimum atomic E-state index is -1.57. The lowest BCUT2D eigenvalue weighted by atomic mass is 9.87. The number of benzene rings is 2. The maximum Gasteiger partial charge on any atom is 0.243 e. The number of rotatable bonds is 8. The van der Waals surface area contributed by atoms with Gasteiger partial charge in [0.1, 0.15) is 29.7 Å². The highest BCUT2D eigenvalue weighted by molar-refractivity contribution is 5.86. The molecular weight excluding hydrogens is 455 g/mol. The quantitative estimate of drug-likeness (QED) is 0.340. The zero-order chi connectivity index (χ0) is 25.3. The number of nitrogens with one attached hydrogen (secondary N) is 2. The number of H-pyrrole nitrogens is 1. The fourth-order valence-corrected chi connectivity index (χ4v) is 4.82. The summed E-state index contributed by atoms with van der Waals surface area (Å²) in [6.07, 6.45) is 1.76. The number of halogens is 3. The third-order valence-corrected chi connectivity index (χ3v) is 6.26. The van der Waals surface area contributed by atoms with Crippen molar-refractivity contribution in [2.24, 2.45) is 0 Å². The highest BCUT2D eigenvalue weighted by Gasteiger charge is 2.41. The van der Waals surface area contributed by atoms with Gasteiger partial charge in [-0.3, -0.25) is 9.69 Å². The molecule has 4 rings (SSSR count). The summed E-state index contributed by atoms with van der Waals surface area (Å²) in [4.78, 5) is 16.4.